The quantitative estimate of drug-likeness (QED) is 0.774. The van der Waals surface area contributed by atoms with Crippen molar-refractivity contribution in [1.82, 2.24) is 10.2 Å². The molecule has 0 radical (unpaired) electrons. The fourth-order valence-corrected chi connectivity index (χ4v) is 2.52. The molecule has 0 aromatic carbocycles. The van der Waals surface area contributed by atoms with Gasteiger partial charge in [0.25, 0.3) is 0 Å². The van der Waals surface area contributed by atoms with Crippen LogP contribution in [0, 0.1) is 11.3 Å². The minimum Gasteiger partial charge on any atom is -0.277 e. The first-order valence-electron chi connectivity index (χ1n) is 6.61. The molecule has 2 fully saturated rings. The molecule has 18 heavy (non-hydrogen) atoms. The molecule has 0 aromatic rings. The molecule has 2 rings (SSSR count). The molecule has 1 aliphatic heterocycles. The Morgan fingerprint density at radius 1 is 1.28 bits per heavy atom. The second kappa shape index (κ2) is 4.37. The molecule has 2 aliphatic rings. The molecule has 1 N–H and O–H groups in total. The van der Waals surface area contributed by atoms with E-state index in [1.165, 1.54) is 4.90 Å². The Balaban J connectivity index is 2.14. The van der Waals surface area contributed by atoms with E-state index in [0.717, 1.165) is 12.8 Å². The summed E-state index contributed by atoms with van der Waals surface area (Å²) in [4.78, 5) is 37.0. The fraction of sp³-hybridized carbons (Fsp3) is 0.769. The Labute approximate surface area is 107 Å². The molecule has 1 saturated carbocycles. The van der Waals surface area contributed by atoms with Crippen LogP contribution >= 0.6 is 0 Å². The molecule has 1 saturated heterocycles. The first-order valence-corrected chi connectivity index (χ1v) is 6.61. The maximum absolute atomic E-state index is 12.3. The summed E-state index contributed by atoms with van der Waals surface area (Å²) >= 11 is 0. The smallest absolute Gasteiger partial charge is 0.277 e. The van der Waals surface area contributed by atoms with E-state index in [0.29, 0.717) is 18.8 Å². The summed E-state index contributed by atoms with van der Waals surface area (Å²) in [5.74, 6) is -0.259. The third-order valence-electron chi connectivity index (χ3n) is 4.13. The largest absolute Gasteiger partial charge is 0.331 e. The van der Waals surface area contributed by atoms with E-state index >= 15 is 0 Å². The predicted molar refractivity (Wildman–Crippen MR) is 65.6 cm³/mol. The van der Waals surface area contributed by atoms with Crippen molar-refractivity contribution >= 4 is 17.8 Å². The third-order valence-corrected chi connectivity index (χ3v) is 4.13. The molecule has 2 unspecified atom stereocenters. The second-order valence-corrected chi connectivity index (χ2v) is 5.61. The number of urea groups is 1. The van der Waals surface area contributed by atoms with Crippen LogP contribution in [-0.4, -0.2) is 28.8 Å². The Kier molecular flexibility index (Phi) is 3.17. The molecular weight excluding hydrogens is 232 g/mol. The Bertz CT molecular complexity index is 401. The van der Waals surface area contributed by atoms with Gasteiger partial charge >= 0.3 is 6.03 Å². The number of hydrogen-bond acceptors (Lipinski definition) is 3. The van der Waals surface area contributed by atoms with Crippen LogP contribution in [0.3, 0.4) is 0 Å². The van der Waals surface area contributed by atoms with Crippen molar-refractivity contribution in [2.24, 2.45) is 11.3 Å². The SMILES string of the molecule is CCC(C)CC(C)N1C(=O)NC(=O)C2(CC2)C1=O. The normalized spacial score (nSPS) is 25.1. The number of nitrogens with zero attached hydrogens (tertiary/aromatic N) is 1. The average molecular weight is 252 g/mol. The highest BCUT2D eigenvalue weighted by Gasteiger charge is 2.62. The monoisotopic (exact) mass is 252 g/mol. The zero-order valence-corrected chi connectivity index (χ0v) is 11.2. The van der Waals surface area contributed by atoms with E-state index in [4.69, 9.17) is 0 Å². The summed E-state index contributed by atoms with van der Waals surface area (Å²) in [7, 11) is 0. The number of amides is 4. The zero-order valence-electron chi connectivity index (χ0n) is 11.2. The molecule has 1 spiro atoms. The number of carbonyl (C=O) groups is 3. The molecule has 1 aliphatic carbocycles. The maximum atomic E-state index is 12.3. The molecular formula is C13H20N2O3. The van der Waals surface area contributed by atoms with E-state index in [1.54, 1.807) is 0 Å². The van der Waals surface area contributed by atoms with Gasteiger partial charge in [0.1, 0.15) is 5.41 Å². The van der Waals surface area contributed by atoms with Gasteiger partial charge in [-0.3, -0.25) is 19.8 Å². The van der Waals surface area contributed by atoms with Crippen molar-refractivity contribution < 1.29 is 14.4 Å². The van der Waals surface area contributed by atoms with Crippen molar-refractivity contribution in [2.75, 3.05) is 0 Å². The fourth-order valence-electron chi connectivity index (χ4n) is 2.52. The van der Waals surface area contributed by atoms with Gasteiger partial charge in [0.15, 0.2) is 0 Å². The van der Waals surface area contributed by atoms with Crippen LogP contribution in [0.1, 0.15) is 46.5 Å². The molecule has 5 heteroatoms. The van der Waals surface area contributed by atoms with Crippen LogP contribution in [0.15, 0.2) is 0 Å². The van der Waals surface area contributed by atoms with Gasteiger partial charge in [0, 0.05) is 6.04 Å². The summed E-state index contributed by atoms with van der Waals surface area (Å²) < 4.78 is 0. The van der Waals surface area contributed by atoms with Crippen LogP contribution in [0.2, 0.25) is 0 Å². The number of barbiturate groups is 1. The summed E-state index contributed by atoms with van der Waals surface area (Å²) in [5, 5.41) is 2.31. The first kappa shape index (κ1) is 13.1. The third kappa shape index (κ3) is 1.91. The number of hydrogen-bond donors (Lipinski definition) is 1. The number of carbonyl (C=O) groups excluding carboxylic acids is 3. The van der Waals surface area contributed by atoms with E-state index in [2.05, 4.69) is 19.2 Å². The van der Waals surface area contributed by atoms with Gasteiger partial charge in [-0.25, -0.2) is 4.79 Å². The highest BCUT2D eigenvalue weighted by Crippen LogP contribution is 2.49. The van der Waals surface area contributed by atoms with E-state index in [1.807, 2.05) is 6.92 Å². The first-order chi connectivity index (χ1) is 8.42. The van der Waals surface area contributed by atoms with Crippen molar-refractivity contribution in [2.45, 2.75) is 52.5 Å². The van der Waals surface area contributed by atoms with Gasteiger partial charge < -0.3 is 0 Å². The molecule has 4 amide bonds. The van der Waals surface area contributed by atoms with Gasteiger partial charge in [-0.05, 0) is 32.1 Å². The molecule has 100 valence electrons. The second-order valence-electron chi connectivity index (χ2n) is 5.61. The van der Waals surface area contributed by atoms with Gasteiger partial charge in [0.05, 0.1) is 0 Å². The predicted octanol–water partition coefficient (Wildman–Crippen LogP) is 1.67. The van der Waals surface area contributed by atoms with Crippen LogP contribution in [0.25, 0.3) is 0 Å². The molecule has 5 nitrogen and oxygen atoms in total. The van der Waals surface area contributed by atoms with Gasteiger partial charge in [0.2, 0.25) is 11.8 Å². The van der Waals surface area contributed by atoms with Crippen molar-refractivity contribution in [3.8, 4) is 0 Å². The summed E-state index contributed by atoms with van der Waals surface area (Å²) in [6, 6.07) is -0.712. The maximum Gasteiger partial charge on any atom is 0.331 e. The number of imide groups is 2. The van der Waals surface area contributed by atoms with Crippen molar-refractivity contribution in [3.05, 3.63) is 0 Å². The van der Waals surface area contributed by atoms with E-state index in [-0.39, 0.29) is 11.9 Å². The van der Waals surface area contributed by atoms with Crippen LogP contribution in [0.4, 0.5) is 4.79 Å². The molecule has 0 aromatic heterocycles. The Morgan fingerprint density at radius 3 is 2.39 bits per heavy atom. The van der Waals surface area contributed by atoms with Gasteiger partial charge in [-0.15, -0.1) is 0 Å². The van der Waals surface area contributed by atoms with Crippen molar-refractivity contribution in [3.63, 3.8) is 0 Å². The van der Waals surface area contributed by atoms with Gasteiger partial charge in [-0.2, -0.15) is 0 Å². The number of nitrogens with one attached hydrogen (secondary N) is 1. The molecule has 2 atom stereocenters. The topological polar surface area (TPSA) is 66.5 Å². The lowest BCUT2D eigenvalue weighted by Crippen LogP contribution is -2.61. The summed E-state index contributed by atoms with van der Waals surface area (Å²) in [6.45, 7) is 6.05. The van der Waals surface area contributed by atoms with E-state index < -0.39 is 17.4 Å². The zero-order chi connectivity index (χ0) is 13.5. The van der Waals surface area contributed by atoms with Crippen molar-refractivity contribution in [1.29, 1.82) is 0 Å². The van der Waals surface area contributed by atoms with Crippen LogP contribution in [0.5, 0.6) is 0 Å². The molecule has 1 heterocycles. The lowest BCUT2D eigenvalue weighted by Gasteiger charge is -2.35. The molecule has 0 bridgehead atoms. The van der Waals surface area contributed by atoms with Crippen LogP contribution in [-0.2, 0) is 9.59 Å². The lowest BCUT2D eigenvalue weighted by molar-refractivity contribution is -0.146. The van der Waals surface area contributed by atoms with E-state index in [9.17, 15) is 14.4 Å². The number of rotatable bonds is 4. The van der Waals surface area contributed by atoms with Crippen LogP contribution < -0.4 is 5.32 Å². The van der Waals surface area contributed by atoms with Gasteiger partial charge in [-0.1, -0.05) is 20.3 Å². The standard InChI is InChI=1S/C13H20N2O3/c1-4-8(2)7-9(3)15-11(17)13(5-6-13)10(16)14-12(15)18/h8-9H,4-7H2,1-3H3,(H,14,16,18). The Morgan fingerprint density at radius 2 is 1.89 bits per heavy atom. The minimum atomic E-state index is -0.919. The lowest BCUT2D eigenvalue weighted by atomic mass is 9.96. The minimum absolute atomic E-state index is 0.155. The summed E-state index contributed by atoms with van der Waals surface area (Å²) in [5.41, 5.74) is -0.919. The summed E-state index contributed by atoms with van der Waals surface area (Å²) in [6.07, 6.45) is 2.92. The average Bonchev–Trinajstić information content (AvgIpc) is 3.08. The highest BCUT2D eigenvalue weighted by molar-refractivity contribution is 6.21. The Hall–Kier alpha value is -1.39. The highest BCUT2D eigenvalue weighted by atomic mass is 16.2.